The van der Waals surface area contributed by atoms with E-state index in [2.05, 4.69) is 10.6 Å². The van der Waals surface area contributed by atoms with Crippen molar-refractivity contribution >= 4 is 52.1 Å². The molecule has 2 aromatic rings. The normalized spacial score (nSPS) is 10.7. The smallest absolute Gasteiger partial charge is 0.267 e. The van der Waals surface area contributed by atoms with Crippen molar-refractivity contribution in [2.24, 2.45) is 0 Å². The summed E-state index contributed by atoms with van der Waals surface area (Å²) >= 11 is 17.9. The largest absolute Gasteiger partial charge is 0.495 e. The van der Waals surface area contributed by atoms with Crippen LogP contribution in [0.2, 0.25) is 15.1 Å². The van der Waals surface area contributed by atoms with Crippen LogP contribution in [0.15, 0.2) is 42.1 Å². The van der Waals surface area contributed by atoms with Gasteiger partial charge in [-0.3, -0.25) is 4.79 Å². The number of ether oxygens (including phenoxy) is 2. The molecule has 1 amide bonds. The standard InChI is InChI=1S/C18H14Cl3N3O3/c1-26-16-7-15(17(27-2)6-13(16)21)23-9-10(8-22)18(25)24-14-4-3-11(19)5-12(14)20/h3-7,9,23H,1-2H3,(H,24,25)/b10-9-. The third kappa shape index (κ3) is 5.20. The maximum absolute atomic E-state index is 12.3. The molecule has 6 nitrogen and oxygen atoms in total. The van der Waals surface area contributed by atoms with Crippen molar-refractivity contribution in [1.82, 2.24) is 0 Å². The SMILES string of the molecule is COc1cc(N/C=C(/C#N)C(=O)Nc2ccc(Cl)cc2Cl)c(OC)cc1Cl. The minimum absolute atomic E-state index is 0.183. The highest BCUT2D eigenvalue weighted by atomic mass is 35.5. The fourth-order valence-electron chi connectivity index (χ4n) is 2.05. The van der Waals surface area contributed by atoms with Gasteiger partial charge in [0.05, 0.1) is 35.6 Å². The number of benzene rings is 2. The fourth-order valence-corrected chi connectivity index (χ4v) is 2.74. The minimum atomic E-state index is -0.644. The Kier molecular flexibility index (Phi) is 7.19. The Hall–Kier alpha value is -2.59. The number of halogens is 3. The topological polar surface area (TPSA) is 83.4 Å². The molecule has 0 bridgehead atoms. The molecule has 0 atom stereocenters. The number of carbonyl (C=O) groups is 1. The molecule has 27 heavy (non-hydrogen) atoms. The van der Waals surface area contributed by atoms with Gasteiger partial charge in [-0.1, -0.05) is 34.8 Å². The van der Waals surface area contributed by atoms with E-state index in [-0.39, 0.29) is 10.6 Å². The first-order chi connectivity index (χ1) is 12.9. The molecule has 0 aliphatic heterocycles. The number of nitrogens with zero attached hydrogens (tertiary/aromatic N) is 1. The van der Waals surface area contributed by atoms with Gasteiger partial charge in [0.25, 0.3) is 5.91 Å². The van der Waals surface area contributed by atoms with E-state index in [0.29, 0.717) is 32.9 Å². The van der Waals surface area contributed by atoms with E-state index in [0.717, 1.165) is 0 Å². The molecule has 9 heteroatoms. The average molecular weight is 427 g/mol. The molecule has 0 fully saturated rings. The average Bonchev–Trinajstić information content (AvgIpc) is 2.65. The highest BCUT2D eigenvalue weighted by Crippen LogP contribution is 2.36. The first-order valence-corrected chi connectivity index (χ1v) is 8.57. The summed E-state index contributed by atoms with van der Waals surface area (Å²) in [7, 11) is 2.94. The molecule has 2 aromatic carbocycles. The van der Waals surface area contributed by atoms with E-state index in [4.69, 9.17) is 44.3 Å². The van der Waals surface area contributed by atoms with Crippen LogP contribution in [0.25, 0.3) is 0 Å². The van der Waals surface area contributed by atoms with Crippen LogP contribution in [0.3, 0.4) is 0 Å². The highest BCUT2D eigenvalue weighted by molar-refractivity contribution is 6.36. The number of amides is 1. The monoisotopic (exact) mass is 425 g/mol. The van der Waals surface area contributed by atoms with Crippen LogP contribution in [0.5, 0.6) is 11.5 Å². The summed E-state index contributed by atoms with van der Waals surface area (Å²) in [6.07, 6.45) is 1.24. The Morgan fingerprint density at radius 1 is 1.04 bits per heavy atom. The van der Waals surface area contributed by atoms with Crippen LogP contribution in [-0.2, 0) is 4.79 Å². The first-order valence-electron chi connectivity index (χ1n) is 7.44. The first kappa shape index (κ1) is 20.7. The van der Waals surface area contributed by atoms with Gasteiger partial charge in [-0.15, -0.1) is 0 Å². The molecule has 0 aromatic heterocycles. The number of hydrogen-bond acceptors (Lipinski definition) is 5. The van der Waals surface area contributed by atoms with E-state index < -0.39 is 5.91 Å². The molecule has 2 rings (SSSR count). The van der Waals surface area contributed by atoms with E-state index >= 15 is 0 Å². The van der Waals surface area contributed by atoms with Crippen LogP contribution in [-0.4, -0.2) is 20.1 Å². The van der Waals surface area contributed by atoms with Crippen LogP contribution >= 0.6 is 34.8 Å². The van der Waals surface area contributed by atoms with Crippen molar-refractivity contribution in [3.05, 3.63) is 57.2 Å². The Morgan fingerprint density at radius 3 is 2.33 bits per heavy atom. The second-order valence-electron chi connectivity index (χ2n) is 5.08. The predicted molar refractivity (Wildman–Crippen MR) is 107 cm³/mol. The Bertz CT molecular complexity index is 939. The van der Waals surface area contributed by atoms with E-state index in [1.54, 1.807) is 18.2 Å². The summed E-state index contributed by atoms with van der Waals surface area (Å²) in [5.41, 5.74) is 0.610. The van der Waals surface area contributed by atoms with Gasteiger partial charge < -0.3 is 20.1 Å². The zero-order valence-corrected chi connectivity index (χ0v) is 16.5. The van der Waals surface area contributed by atoms with E-state index in [9.17, 15) is 10.1 Å². The molecule has 0 aliphatic rings. The summed E-state index contributed by atoms with van der Waals surface area (Å²) < 4.78 is 10.4. The van der Waals surface area contributed by atoms with Crippen molar-refractivity contribution in [1.29, 1.82) is 5.26 Å². The molecule has 2 N–H and O–H groups in total. The number of anilines is 2. The van der Waals surface area contributed by atoms with Crippen molar-refractivity contribution in [3.8, 4) is 17.6 Å². The summed E-state index contributed by atoms with van der Waals surface area (Å²) in [5.74, 6) is 0.175. The maximum Gasteiger partial charge on any atom is 0.267 e. The number of carbonyl (C=O) groups excluding carboxylic acids is 1. The van der Waals surface area contributed by atoms with Crippen molar-refractivity contribution < 1.29 is 14.3 Å². The lowest BCUT2D eigenvalue weighted by molar-refractivity contribution is -0.112. The van der Waals surface area contributed by atoms with Gasteiger partial charge in [-0.2, -0.15) is 5.26 Å². The lowest BCUT2D eigenvalue weighted by atomic mass is 10.2. The lowest BCUT2D eigenvalue weighted by Gasteiger charge is -2.12. The highest BCUT2D eigenvalue weighted by Gasteiger charge is 2.13. The molecule has 0 spiro atoms. The van der Waals surface area contributed by atoms with Gasteiger partial charge in [0.1, 0.15) is 23.1 Å². The van der Waals surface area contributed by atoms with Gasteiger partial charge in [-0.05, 0) is 18.2 Å². The Morgan fingerprint density at radius 2 is 1.74 bits per heavy atom. The molecule has 0 saturated carbocycles. The van der Waals surface area contributed by atoms with Crippen LogP contribution in [0.4, 0.5) is 11.4 Å². The summed E-state index contributed by atoms with van der Waals surface area (Å²) in [5, 5.41) is 15.7. The number of hydrogen-bond donors (Lipinski definition) is 2. The Labute approximate surface area is 171 Å². The molecular formula is C18H14Cl3N3O3. The number of methoxy groups -OCH3 is 2. The van der Waals surface area contributed by atoms with Crippen LogP contribution in [0, 0.1) is 11.3 Å². The molecule has 0 radical (unpaired) electrons. The quantitative estimate of drug-likeness (QED) is 0.494. The zero-order chi connectivity index (χ0) is 20.0. The third-order valence-electron chi connectivity index (χ3n) is 3.39. The number of nitrogens with one attached hydrogen (secondary N) is 2. The third-order valence-corrected chi connectivity index (χ3v) is 4.23. The van der Waals surface area contributed by atoms with Crippen molar-refractivity contribution in [2.45, 2.75) is 0 Å². The minimum Gasteiger partial charge on any atom is -0.495 e. The summed E-state index contributed by atoms with van der Waals surface area (Å²) in [6.45, 7) is 0. The summed E-state index contributed by atoms with van der Waals surface area (Å²) in [4.78, 5) is 12.3. The maximum atomic E-state index is 12.3. The predicted octanol–water partition coefficient (Wildman–Crippen LogP) is 5.12. The van der Waals surface area contributed by atoms with E-state index in [1.807, 2.05) is 6.07 Å². The van der Waals surface area contributed by atoms with Gasteiger partial charge in [0, 0.05) is 23.4 Å². The lowest BCUT2D eigenvalue weighted by Crippen LogP contribution is -2.15. The van der Waals surface area contributed by atoms with Crippen molar-refractivity contribution in [2.75, 3.05) is 24.9 Å². The molecule has 0 heterocycles. The Balaban J connectivity index is 2.23. The van der Waals surface area contributed by atoms with Gasteiger partial charge in [0.2, 0.25) is 0 Å². The molecule has 0 saturated heterocycles. The second kappa shape index (κ2) is 9.38. The van der Waals surface area contributed by atoms with Gasteiger partial charge in [-0.25, -0.2) is 0 Å². The van der Waals surface area contributed by atoms with Crippen molar-refractivity contribution in [3.63, 3.8) is 0 Å². The zero-order valence-electron chi connectivity index (χ0n) is 14.3. The number of rotatable bonds is 6. The number of nitriles is 1. The van der Waals surface area contributed by atoms with Crippen LogP contribution < -0.4 is 20.1 Å². The van der Waals surface area contributed by atoms with E-state index in [1.165, 1.54) is 32.6 Å². The van der Waals surface area contributed by atoms with Gasteiger partial charge in [0.15, 0.2) is 0 Å². The molecule has 0 unspecified atom stereocenters. The van der Waals surface area contributed by atoms with Gasteiger partial charge >= 0.3 is 0 Å². The molecule has 0 aliphatic carbocycles. The molecular weight excluding hydrogens is 413 g/mol. The second-order valence-corrected chi connectivity index (χ2v) is 6.33. The summed E-state index contributed by atoms with van der Waals surface area (Å²) in [6, 6.07) is 9.55. The fraction of sp³-hybridized carbons (Fsp3) is 0.111. The van der Waals surface area contributed by atoms with Crippen LogP contribution in [0.1, 0.15) is 0 Å². The molecule has 140 valence electrons.